The van der Waals surface area contributed by atoms with E-state index in [1.807, 2.05) is 0 Å². The molecule has 2 rings (SSSR count). The second kappa shape index (κ2) is 7.48. The third kappa shape index (κ3) is 5.07. The highest BCUT2D eigenvalue weighted by Crippen LogP contribution is 2.30. The third-order valence-electron chi connectivity index (χ3n) is 4.52. The molecule has 1 saturated carbocycles. The number of benzene rings is 1. The number of carboxylic acid groups (broad SMARTS) is 1. The number of carbonyl (C=O) groups is 1. The van der Waals surface area contributed by atoms with Crippen LogP contribution in [0.4, 0.5) is 5.69 Å². The van der Waals surface area contributed by atoms with Gasteiger partial charge in [-0.3, -0.25) is 4.79 Å². The largest absolute Gasteiger partial charge is 0.481 e. The monoisotopic (exact) mass is 289 g/mol. The average molecular weight is 289 g/mol. The van der Waals surface area contributed by atoms with Crippen LogP contribution in [-0.4, -0.2) is 24.2 Å². The number of nitrogens with zero attached hydrogens (tertiary/aromatic N) is 1. The molecule has 2 atom stereocenters. The minimum atomic E-state index is -0.718. The van der Waals surface area contributed by atoms with Gasteiger partial charge in [0.2, 0.25) is 0 Å². The lowest BCUT2D eigenvalue weighted by molar-refractivity contribution is -0.136. The standard InChI is InChI=1S/C18H27NO2/c1-14-6-8-17(9-7-14)19(11-10-18(20)21)13-16-5-3-4-15(2)12-16/h6-9,15-16H,3-5,10-13H2,1-2H3,(H,20,21). The highest BCUT2D eigenvalue weighted by atomic mass is 16.4. The van der Waals surface area contributed by atoms with Crippen molar-refractivity contribution in [2.75, 3.05) is 18.0 Å². The van der Waals surface area contributed by atoms with Crippen molar-refractivity contribution in [1.82, 2.24) is 0 Å². The Kier molecular flexibility index (Phi) is 5.66. The summed E-state index contributed by atoms with van der Waals surface area (Å²) in [6.45, 7) is 6.00. The van der Waals surface area contributed by atoms with E-state index in [0.29, 0.717) is 12.5 Å². The zero-order chi connectivity index (χ0) is 15.2. The molecule has 21 heavy (non-hydrogen) atoms. The van der Waals surface area contributed by atoms with Gasteiger partial charge in [0, 0.05) is 18.8 Å². The van der Waals surface area contributed by atoms with Gasteiger partial charge in [-0.05, 0) is 43.7 Å². The Morgan fingerprint density at radius 1 is 1.29 bits per heavy atom. The van der Waals surface area contributed by atoms with E-state index in [2.05, 4.69) is 43.0 Å². The topological polar surface area (TPSA) is 40.5 Å². The van der Waals surface area contributed by atoms with Crippen molar-refractivity contribution in [3.63, 3.8) is 0 Å². The number of aryl methyl sites for hydroxylation is 1. The van der Waals surface area contributed by atoms with Crippen molar-refractivity contribution in [2.45, 2.75) is 46.0 Å². The SMILES string of the molecule is Cc1ccc(N(CCC(=O)O)CC2CCCC(C)C2)cc1. The van der Waals surface area contributed by atoms with Gasteiger partial charge in [-0.25, -0.2) is 0 Å². The zero-order valence-electron chi connectivity index (χ0n) is 13.2. The fourth-order valence-electron chi connectivity index (χ4n) is 3.35. The number of rotatable bonds is 6. The third-order valence-corrected chi connectivity index (χ3v) is 4.52. The molecule has 0 bridgehead atoms. The molecule has 0 heterocycles. The van der Waals surface area contributed by atoms with E-state index in [-0.39, 0.29) is 6.42 Å². The van der Waals surface area contributed by atoms with Crippen LogP contribution < -0.4 is 4.90 Å². The Morgan fingerprint density at radius 2 is 2.00 bits per heavy atom. The van der Waals surface area contributed by atoms with Crippen molar-refractivity contribution in [3.8, 4) is 0 Å². The smallest absolute Gasteiger partial charge is 0.305 e. The molecule has 0 saturated heterocycles. The summed E-state index contributed by atoms with van der Waals surface area (Å²) in [5.74, 6) is 0.788. The van der Waals surface area contributed by atoms with Crippen LogP contribution in [-0.2, 0) is 4.79 Å². The predicted octanol–water partition coefficient (Wildman–Crippen LogP) is 4.10. The molecule has 0 spiro atoms. The van der Waals surface area contributed by atoms with Gasteiger partial charge >= 0.3 is 5.97 Å². The van der Waals surface area contributed by atoms with Crippen LogP contribution in [0.1, 0.15) is 44.6 Å². The lowest BCUT2D eigenvalue weighted by Gasteiger charge is -2.33. The maximum Gasteiger partial charge on any atom is 0.305 e. The summed E-state index contributed by atoms with van der Waals surface area (Å²) in [4.78, 5) is 13.2. The molecule has 0 aliphatic heterocycles. The Labute approximate surface area is 128 Å². The van der Waals surface area contributed by atoms with Crippen LogP contribution in [0.3, 0.4) is 0 Å². The average Bonchev–Trinajstić information content (AvgIpc) is 2.44. The Balaban J connectivity index is 2.04. The van der Waals surface area contributed by atoms with Crippen LogP contribution >= 0.6 is 0 Å². The van der Waals surface area contributed by atoms with E-state index in [9.17, 15) is 4.79 Å². The van der Waals surface area contributed by atoms with E-state index < -0.39 is 5.97 Å². The number of carboxylic acids is 1. The van der Waals surface area contributed by atoms with Gasteiger partial charge in [0.05, 0.1) is 6.42 Å². The molecule has 2 unspecified atom stereocenters. The summed E-state index contributed by atoms with van der Waals surface area (Å²) < 4.78 is 0. The molecule has 1 N–H and O–H groups in total. The molecule has 0 amide bonds. The van der Waals surface area contributed by atoms with Gasteiger partial charge in [0.1, 0.15) is 0 Å². The van der Waals surface area contributed by atoms with Crippen molar-refractivity contribution in [1.29, 1.82) is 0 Å². The summed E-state index contributed by atoms with van der Waals surface area (Å²) >= 11 is 0. The maximum atomic E-state index is 10.9. The van der Waals surface area contributed by atoms with Gasteiger partial charge < -0.3 is 10.0 Å². The lowest BCUT2D eigenvalue weighted by Crippen LogP contribution is -2.33. The van der Waals surface area contributed by atoms with Crippen molar-refractivity contribution in [2.24, 2.45) is 11.8 Å². The summed E-state index contributed by atoms with van der Waals surface area (Å²) in [6, 6.07) is 8.44. The van der Waals surface area contributed by atoms with Crippen molar-refractivity contribution >= 4 is 11.7 Å². The van der Waals surface area contributed by atoms with E-state index >= 15 is 0 Å². The molecule has 1 aliphatic rings. The second-order valence-corrected chi connectivity index (χ2v) is 6.56. The Morgan fingerprint density at radius 3 is 2.62 bits per heavy atom. The summed E-state index contributed by atoms with van der Waals surface area (Å²) in [6.07, 6.45) is 5.41. The summed E-state index contributed by atoms with van der Waals surface area (Å²) in [7, 11) is 0. The van der Waals surface area contributed by atoms with Gasteiger partial charge in [0.15, 0.2) is 0 Å². The first kappa shape index (κ1) is 15.9. The molecule has 0 radical (unpaired) electrons. The first-order valence-electron chi connectivity index (χ1n) is 8.08. The van der Waals surface area contributed by atoms with Gasteiger partial charge in [-0.2, -0.15) is 0 Å². The van der Waals surface area contributed by atoms with Gasteiger partial charge in [-0.1, -0.05) is 37.5 Å². The number of hydrogen-bond donors (Lipinski definition) is 1. The molecule has 1 aromatic rings. The first-order chi connectivity index (χ1) is 10.0. The highest BCUT2D eigenvalue weighted by molar-refractivity contribution is 5.67. The highest BCUT2D eigenvalue weighted by Gasteiger charge is 2.21. The number of aliphatic carboxylic acids is 1. The van der Waals surface area contributed by atoms with Crippen LogP contribution in [0.15, 0.2) is 24.3 Å². The van der Waals surface area contributed by atoms with Crippen LogP contribution in [0, 0.1) is 18.8 Å². The predicted molar refractivity (Wildman–Crippen MR) is 86.8 cm³/mol. The van der Waals surface area contributed by atoms with E-state index in [4.69, 9.17) is 5.11 Å². The fraction of sp³-hybridized carbons (Fsp3) is 0.611. The van der Waals surface area contributed by atoms with E-state index in [0.717, 1.165) is 18.2 Å². The molecule has 1 aliphatic carbocycles. The Hall–Kier alpha value is -1.51. The molecule has 1 fully saturated rings. The molecular formula is C18H27NO2. The van der Waals surface area contributed by atoms with Crippen LogP contribution in [0.2, 0.25) is 0 Å². The quantitative estimate of drug-likeness (QED) is 0.857. The first-order valence-corrected chi connectivity index (χ1v) is 8.08. The minimum Gasteiger partial charge on any atom is -0.481 e. The molecule has 3 nitrogen and oxygen atoms in total. The van der Waals surface area contributed by atoms with Crippen LogP contribution in [0.5, 0.6) is 0 Å². The Bertz CT molecular complexity index is 455. The number of hydrogen-bond acceptors (Lipinski definition) is 2. The molecular weight excluding hydrogens is 262 g/mol. The summed E-state index contributed by atoms with van der Waals surface area (Å²) in [5.41, 5.74) is 2.39. The lowest BCUT2D eigenvalue weighted by atomic mass is 9.82. The van der Waals surface area contributed by atoms with Crippen molar-refractivity contribution < 1.29 is 9.90 Å². The van der Waals surface area contributed by atoms with E-state index in [1.54, 1.807) is 0 Å². The molecule has 3 heteroatoms. The van der Waals surface area contributed by atoms with Crippen molar-refractivity contribution in [3.05, 3.63) is 29.8 Å². The van der Waals surface area contributed by atoms with Crippen LogP contribution in [0.25, 0.3) is 0 Å². The fourth-order valence-corrected chi connectivity index (χ4v) is 3.35. The van der Waals surface area contributed by atoms with Gasteiger partial charge in [-0.15, -0.1) is 0 Å². The van der Waals surface area contributed by atoms with Gasteiger partial charge in [0.25, 0.3) is 0 Å². The molecule has 0 aromatic heterocycles. The molecule has 1 aromatic carbocycles. The normalized spacial score (nSPS) is 22.0. The van der Waals surface area contributed by atoms with E-state index in [1.165, 1.54) is 31.2 Å². The number of anilines is 1. The minimum absolute atomic E-state index is 0.205. The molecule has 116 valence electrons. The zero-order valence-corrected chi connectivity index (χ0v) is 13.2. The summed E-state index contributed by atoms with van der Waals surface area (Å²) in [5, 5.41) is 8.97. The maximum absolute atomic E-state index is 10.9. The second-order valence-electron chi connectivity index (χ2n) is 6.56.